The number of ether oxygens (including phenoxy) is 1. The number of nitriles is 1. The second-order valence-corrected chi connectivity index (χ2v) is 10.2. The number of benzene rings is 1. The van der Waals surface area contributed by atoms with E-state index in [2.05, 4.69) is 4.74 Å². The summed E-state index contributed by atoms with van der Waals surface area (Å²) in [6.07, 6.45) is 13.3. The Hall–Kier alpha value is -2.03. The lowest BCUT2D eigenvalue weighted by Crippen LogP contribution is -2.17. The highest BCUT2D eigenvalue weighted by Crippen LogP contribution is 2.39. The minimum atomic E-state index is -4.64. The van der Waals surface area contributed by atoms with Crippen LogP contribution < -0.4 is 4.74 Å². The van der Waals surface area contributed by atoms with Crippen molar-refractivity contribution >= 4 is 0 Å². The summed E-state index contributed by atoms with van der Waals surface area (Å²) >= 11 is 0. The van der Waals surface area contributed by atoms with Gasteiger partial charge in [0.1, 0.15) is 11.8 Å². The molecule has 2 fully saturated rings. The summed E-state index contributed by atoms with van der Waals surface area (Å²) in [7, 11) is 0. The van der Waals surface area contributed by atoms with Crippen molar-refractivity contribution in [2.75, 3.05) is 0 Å². The molecule has 0 spiro atoms. The predicted molar refractivity (Wildman–Crippen MR) is 126 cm³/mol. The van der Waals surface area contributed by atoms with E-state index < -0.39 is 12.2 Å². The minimum Gasteiger partial charge on any atom is -0.406 e. The number of rotatable bonds is 10. The molecular formula is C28H37F4NO. The van der Waals surface area contributed by atoms with Gasteiger partial charge in [-0.05, 0) is 86.0 Å². The zero-order valence-corrected chi connectivity index (χ0v) is 20.0. The normalized spacial score (nSPS) is 26.1. The first kappa shape index (κ1) is 26.6. The maximum atomic E-state index is 12.9. The van der Waals surface area contributed by atoms with Crippen LogP contribution in [0.5, 0.6) is 5.75 Å². The van der Waals surface area contributed by atoms with Gasteiger partial charge in [0.05, 0.1) is 0 Å². The molecule has 0 bridgehead atoms. The Labute approximate surface area is 201 Å². The first-order valence-corrected chi connectivity index (χ1v) is 12.9. The van der Waals surface area contributed by atoms with Gasteiger partial charge < -0.3 is 4.74 Å². The van der Waals surface area contributed by atoms with Crippen molar-refractivity contribution in [1.82, 2.24) is 0 Å². The molecule has 0 amide bonds. The molecule has 1 aromatic rings. The zero-order valence-electron chi connectivity index (χ0n) is 20.0. The van der Waals surface area contributed by atoms with E-state index in [0.717, 1.165) is 36.7 Å². The summed E-state index contributed by atoms with van der Waals surface area (Å²) in [4.78, 5) is 0. The number of allylic oxidation sites excluding steroid dienone is 2. The number of hydrogen-bond donors (Lipinski definition) is 0. The van der Waals surface area contributed by atoms with Crippen molar-refractivity contribution in [3.05, 3.63) is 41.7 Å². The SMILES string of the molecule is N#CC(F)=CCC[C@H]1CC[C@H](CCCC[C@H]2CC[C@H](c3ccc(OC(F)(F)F)cc3)CC2)CC1. The Morgan fingerprint density at radius 3 is 1.85 bits per heavy atom. The molecule has 1 aromatic carbocycles. The Kier molecular flexibility index (Phi) is 10.3. The number of halogens is 4. The first-order chi connectivity index (χ1) is 16.3. The molecule has 0 aromatic heterocycles. The van der Waals surface area contributed by atoms with Gasteiger partial charge in [-0.15, -0.1) is 13.2 Å². The van der Waals surface area contributed by atoms with Crippen molar-refractivity contribution in [3.8, 4) is 11.8 Å². The van der Waals surface area contributed by atoms with Gasteiger partial charge in [-0.3, -0.25) is 0 Å². The van der Waals surface area contributed by atoms with E-state index in [1.807, 2.05) is 0 Å². The first-order valence-electron chi connectivity index (χ1n) is 12.9. The lowest BCUT2D eigenvalue weighted by atomic mass is 9.76. The van der Waals surface area contributed by atoms with Gasteiger partial charge in [0, 0.05) is 0 Å². The van der Waals surface area contributed by atoms with Crippen LogP contribution in [0.15, 0.2) is 36.2 Å². The van der Waals surface area contributed by atoms with Gasteiger partial charge >= 0.3 is 6.36 Å². The monoisotopic (exact) mass is 479 g/mol. The molecule has 0 saturated heterocycles. The Morgan fingerprint density at radius 1 is 0.853 bits per heavy atom. The van der Waals surface area contributed by atoms with Crippen molar-refractivity contribution in [2.24, 2.45) is 17.8 Å². The highest BCUT2D eigenvalue weighted by Gasteiger charge is 2.31. The average molecular weight is 480 g/mol. The molecule has 188 valence electrons. The van der Waals surface area contributed by atoms with Crippen molar-refractivity contribution in [3.63, 3.8) is 0 Å². The number of alkyl halides is 3. The van der Waals surface area contributed by atoms with E-state index in [0.29, 0.717) is 18.3 Å². The predicted octanol–water partition coefficient (Wildman–Crippen LogP) is 9.38. The molecule has 6 heteroatoms. The van der Waals surface area contributed by atoms with Crippen LogP contribution in [0.1, 0.15) is 101 Å². The molecule has 34 heavy (non-hydrogen) atoms. The van der Waals surface area contributed by atoms with E-state index in [-0.39, 0.29) is 5.75 Å². The van der Waals surface area contributed by atoms with Crippen LogP contribution in [0.4, 0.5) is 17.6 Å². The fraction of sp³-hybridized carbons (Fsp3) is 0.679. The van der Waals surface area contributed by atoms with Crippen LogP contribution in [0, 0.1) is 29.1 Å². The zero-order chi connectivity index (χ0) is 24.4. The molecule has 2 saturated carbocycles. The summed E-state index contributed by atoms with van der Waals surface area (Å²) in [6, 6.07) is 7.95. The molecule has 2 aliphatic carbocycles. The second kappa shape index (κ2) is 13.2. The number of nitrogens with zero attached hydrogens (tertiary/aromatic N) is 1. The standard InChI is InChI=1S/C28H37F4NO/c29-26(20-33)7-3-6-23-10-8-21(9-11-23)4-1-2-5-22-12-14-24(15-13-22)25-16-18-27(19-17-25)34-28(30,31)32/h7,16-19,21-24H,1-6,8-15H2/t21-,22-,23-,24-. The summed E-state index contributed by atoms with van der Waals surface area (Å²) in [5, 5.41) is 8.46. The Bertz CT molecular complexity index is 795. The maximum absolute atomic E-state index is 12.9. The largest absolute Gasteiger partial charge is 0.573 e. The average Bonchev–Trinajstić information content (AvgIpc) is 2.82. The van der Waals surface area contributed by atoms with Crippen LogP contribution in [-0.4, -0.2) is 6.36 Å². The Morgan fingerprint density at radius 2 is 1.35 bits per heavy atom. The third-order valence-corrected chi connectivity index (χ3v) is 7.88. The van der Waals surface area contributed by atoms with Gasteiger partial charge in [-0.1, -0.05) is 63.5 Å². The van der Waals surface area contributed by atoms with Gasteiger partial charge in [0.25, 0.3) is 0 Å². The molecule has 2 nitrogen and oxygen atoms in total. The lowest BCUT2D eigenvalue weighted by Gasteiger charge is -2.30. The van der Waals surface area contributed by atoms with Crippen LogP contribution in [-0.2, 0) is 0 Å². The molecule has 0 unspecified atom stereocenters. The summed E-state index contributed by atoms with van der Waals surface area (Å²) in [6.45, 7) is 0. The molecule has 0 heterocycles. The fourth-order valence-electron chi connectivity index (χ4n) is 5.89. The van der Waals surface area contributed by atoms with Crippen molar-refractivity contribution in [1.29, 1.82) is 5.26 Å². The summed E-state index contributed by atoms with van der Waals surface area (Å²) in [5.41, 5.74) is 1.12. The van der Waals surface area contributed by atoms with Gasteiger partial charge in [-0.25, -0.2) is 0 Å². The second-order valence-electron chi connectivity index (χ2n) is 10.2. The summed E-state index contributed by atoms with van der Waals surface area (Å²) in [5.74, 6) is 1.93. The van der Waals surface area contributed by atoms with Crippen molar-refractivity contribution < 1.29 is 22.3 Å². The molecule has 0 radical (unpaired) electrons. The lowest BCUT2D eigenvalue weighted by molar-refractivity contribution is -0.274. The highest BCUT2D eigenvalue weighted by atomic mass is 19.4. The Balaban J connectivity index is 1.25. The molecule has 0 N–H and O–H groups in total. The fourth-order valence-corrected chi connectivity index (χ4v) is 5.89. The number of hydrogen-bond acceptors (Lipinski definition) is 2. The van der Waals surface area contributed by atoms with E-state index >= 15 is 0 Å². The van der Waals surface area contributed by atoms with Gasteiger partial charge in [-0.2, -0.15) is 9.65 Å². The third kappa shape index (κ3) is 9.31. The smallest absolute Gasteiger partial charge is 0.406 e. The molecule has 3 rings (SSSR count). The topological polar surface area (TPSA) is 33.0 Å². The van der Waals surface area contributed by atoms with E-state index in [1.165, 1.54) is 88.5 Å². The van der Waals surface area contributed by atoms with Crippen LogP contribution in [0.25, 0.3) is 0 Å². The van der Waals surface area contributed by atoms with Crippen LogP contribution >= 0.6 is 0 Å². The quantitative estimate of drug-likeness (QED) is 0.190. The molecule has 0 aliphatic heterocycles. The van der Waals surface area contributed by atoms with E-state index in [9.17, 15) is 17.6 Å². The number of unbranched alkanes of at least 4 members (excludes halogenated alkanes) is 1. The van der Waals surface area contributed by atoms with Crippen molar-refractivity contribution in [2.45, 2.75) is 102 Å². The van der Waals surface area contributed by atoms with Gasteiger partial charge in [0.15, 0.2) is 5.83 Å². The van der Waals surface area contributed by atoms with E-state index in [4.69, 9.17) is 5.26 Å². The minimum absolute atomic E-state index is 0.151. The van der Waals surface area contributed by atoms with Gasteiger partial charge in [0.2, 0.25) is 0 Å². The van der Waals surface area contributed by atoms with Crippen LogP contribution in [0.3, 0.4) is 0 Å². The highest BCUT2D eigenvalue weighted by molar-refractivity contribution is 5.29. The molecule has 0 atom stereocenters. The van der Waals surface area contributed by atoms with Crippen LogP contribution in [0.2, 0.25) is 0 Å². The van der Waals surface area contributed by atoms with E-state index in [1.54, 1.807) is 12.1 Å². The summed E-state index contributed by atoms with van der Waals surface area (Å²) < 4.78 is 53.8. The molecule has 2 aliphatic rings. The third-order valence-electron chi connectivity index (χ3n) is 7.88. The maximum Gasteiger partial charge on any atom is 0.573 e. The molecular weight excluding hydrogens is 442 g/mol.